The van der Waals surface area contributed by atoms with Crippen LogP contribution in [0.2, 0.25) is 0 Å². The number of anilines is 1. The maximum absolute atomic E-state index is 14.0. The molecule has 1 aromatic rings. The van der Waals surface area contributed by atoms with Crippen LogP contribution in [0.1, 0.15) is 25.8 Å². The molecule has 0 saturated carbocycles. The van der Waals surface area contributed by atoms with Crippen molar-refractivity contribution < 1.29 is 4.39 Å². The summed E-state index contributed by atoms with van der Waals surface area (Å²) in [6.07, 6.45) is 1.18. The summed E-state index contributed by atoms with van der Waals surface area (Å²) in [4.78, 5) is 2.35. The first-order valence-corrected chi connectivity index (χ1v) is 8.15. The number of benzene rings is 1. The van der Waals surface area contributed by atoms with Crippen molar-refractivity contribution in [3.8, 4) is 0 Å². The van der Waals surface area contributed by atoms with Crippen LogP contribution in [0.25, 0.3) is 0 Å². The number of halogens is 1. The standard InChI is InChI=1S/C15H23FN2S/c1-3-12-11-18(8-9-19-12)15-7-5-6-14(16)13(15)10-17-4-2/h5-7,12,17H,3-4,8-11H2,1-2H3. The fourth-order valence-electron chi connectivity index (χ4n) is 2.45. The SMILES string of the molecule is CCNCc1c(F)cccc1N1CCSC(CC)C1. The lowest BCUT2D eigenvalue weighted by atomic mass is 10.1. The van der Waals surface area contributed by atoms with Crippen LogP contribution in [-0.2, 0) is 6.54 Å². The van der Waals surface area contributed by atoms with Gasteiger partial charge in [0.15, 0.2) is 0 Å². The normalized spacial score (nSPS) is 19.7. The first kappa shape index (κ1) is 14.7. The average Bonchev–Trinajstić information content (AvgIpc) is 2.46. The molecule has 1 unspecified atom stereocenters. The number of nitrogens with one attached hydrogen (secondary N) is 1. The van der Waals surface area contributed by atoms with Crippen LogP contribution in [-0.4, -0.2) is 30.6 Å². The van der Waals surface area contributed by atoms with E-state index in [4.69, 9.17) is 0 Å². The van der Waals surface area contributed by atoms with Crippen molar-refractivity contribution in [3.05, 3.63) is 29.6 Å². The van der Waals surface area contributed by atoms with Gasteiger partial charge in [-0.3, -0.25) is 0 Å². The molecule has 1 N–H and O–H groups in total. The van der Waals surface area contributed by atoms with Gasteiger partial charge in [-0.25, -0.2) is 4.39 Å². The summed E-state index contributed by atoms with van der Waals surface area (Å²) in [6, 6.07) is 5.44. The molecular formula is C15H23FN2S. The summed E-state index contributed by atoms with van der Waals surface area (Å²) < 4.78 is 14.0. The van der Waals surface area contributed by atoms with Crippen molar-refractivity contribution in [2.45, 2.75) is 32.1 Å². The van der Waals surface area contributed by atoms with E-state index in [0.717, 1.165) is 36.6 Å². The largest absolute Gasteiger partial charge is 0.369 e. The van der Waals surface area contributed by atoms with Gasteiger partial charge in [-0.1, -0.05) is 19.9 Å². The maximum Gasteiger partial charge on any atom is 0.129 e. The average molecular weight is 282 g/mol. The Bertz CT molecular complexity index is 411. The van der Waals surface area contributed by atoms with E-state index in [-0.39, 0.29) is 5.82 Å². The lowest BCUT2D eigenvalue weighted by molar-refractivity contribution is 0.590. The van der Waals surface area contributed by atoms with Crippen molar-refractivity contribution in [3.63, 3.8) is 0 Å². The Kier molecular flexibility index (Phi) is 5.52. The molecule has 0 amide bonds. The Morgan fingerprint density at radius 1 is 1.42 bits per heavy atom. The van der Waals surface area contributed by atoms with Gasteiger partial charge in [-0.2, -0.15) is 11.8 Å². The molecule has 4 heteroatoms. The van der Waals surface area contributed by atoms with Gasteiger partial charge >= 0.3 is 0 Å². The number of thioether (sulfide) groups is 1. The van der Waals surface area contributed by atoms with Crippen LogP contribution in [0, 0.1) is 5.82 Å². The summed E-state index contributed by atoms with van der Waals surface area (Å²) in [5.74, 6) is 1.04. The zero-order valence-electron chi connectivity index (χ0n) is 11.8. The Morgan fingerprint density at radius 2 is 2.26 bits per heavy atom. The Balaban J connectivity index is 2.20. The highest BCUT2D eigenvalue weighted by molar-refractivity contribution is 8.00. The number of rotatable bonds is 5. The first-order valence-electron chi connectivity index (χ1n) is 7.10. The minimum atomic E-state index is -0.0928. The maximum atomic E-state index is 14.0. The van der Waals surface area contributed by atoms with E-state index in [2.05, 4.69) is 23.2 Å². The predicted octanol–water partition coefficient (Wildman–Crippen LogP) is 3.27. The number of nitrogens with zero attached hydrogens (tertiary/aromatic N) is 1. The monoisotopic (exact) mass is 282 g/mol. The molecule has 2 nitrogen and oxygen atoms in total. The molecule has 1 aliphatic rings. The fourth-order valence-corrected chi connectivity index (χ4v) is 3.63. The smallest absolute Gasteiger partial charge is 0.129 e. The van der Waals surface area contributed by atoms with E-state index < -0.39 is 0 Å². The molecule has 1 heterocycles. The summed E-state index contributed by atoms with van der Waals surface area (Å²) in [6.45, 7) is 7.80. The second kappa shape index (κ2) is 7.15. The second-order valence-corrected chi connectivity index (χ2v) is 6.27. The van der Waals surface area contributed by atoms with Gasteiger partial charge in [0.05, 0.1) is 0 Å². The molecule has 1 aromatic carbocycles. The van der Waals surface area contributed by atoms with E-state index >= 15 is 0 Å². The van der Waals surface area contributed by atoms with Crippen LogP contribution in [0.3, 0.4) is 0 Å². The summed E-state index contributed by atoms with van der Waals surface area (Å²) in [5.41, 5.74) is 1.88. The van der Waals surface area contributed by atoms with Crippen molar-refractivity contribution in [1.29, 1.82) is 0 Å². The quantitative estimate of drug-likeness (QED) is 0.892. The van der Waals surface area contributed by atoms with E-state index in [0.29, 0.717) is 11.8 Å². The van der Waals surface area contributed by atoms with Crippen molar-refractivity contribution in [2.24, 2.45) is 0 Å². The topological polar surface area (TPSA) is 15.3 Å². The van der Waals surface area contributed by atoms with Gasteiger partial charge in [0.2, 0.25) is 0 Å². The predicted molar refractivity (Wildman–Crippen MR) is 82.5 cm³/mol. The molecule has 1 fully saturated rings. The van der Waals surface area contributed by atoms with Crippen LogP contribution in [0.4, 0.5) is 10.1 Å². The van der Waals surface area contributed by atoms with E-state index in [1.807, 2.05) is 24.8 Å². The molecule has 0 aliphatic carbocycles. The van der Waals surface area contributed by atoms with E-state index in [9.17, 15) is 4.39 Å². The highest BCUT2D eigenvalue weighted by Crippen LogP contribution is 2.29. The highest BCUT2D eigenvalue weighted by atomic mass is 32.2. The molecule has 0 aromatic heterocycles. The third kappa shape index (κ3) is 3.63. The molecule has 1 aliphatic heterocycles. The van der Waals surface area contributed by atoms with Crippen molar-refractivity contribution >= 4 is 17.4 Å². The van der Waals surface area contributed by atoms with Gasteiger partial charge in [0.25, 0.3) is 0 Å². The lowest BCUT2D eigenvalue weighted by Gasteiger charge is -2.35. The zero-order chi connectivity index (χ0) is 13.7. The highest BCUT2D eigenvalue weighted by Gasteiger charge is 2.22. The zero-order valence-corrected chi connectivity index (χ0v) is 12.6. The molecule has 1 atom stereocenters. The molecular weight excluding hydrogens is 259 g/mol. The molecule has 106 valence electrons. The van der Waals surface area contributed by atoms with Gasteiger partial charge in [-0.05, 0) is 25.1 Å². The molecule has 1 saturated heterocycles. The van der Waals surface area contributed by atoms with Gasteiger partial charge in [-0.15, -0.1) is 0 Å². The fraction of sp³-hybridized carbons (Fsp3) is 0.600. The summed E-state index contributed by atoms with van der Waals surface area (Å²) >= 11 is 2.04. The molecule has 2 rings (SSSR count). The van der Waals surface area contributed by atoms with Crippen LogP contribution in [0.15, 0.2) is 18.2 Å². The summed E-state index contributed by atoms with van der Waals surface area (Å²) in [7, 11) is 0. The molecule has 0 bridgehead atoms. The molecule has 0 radical (unpaired) electrons. The van der Waals surface area contributed by atoms with Gasteiger partial charge in [0, 0.05) is 41.9 Å². The van der Waals surface area contributed by atoms with E-state index in [1.54, 1.807) is 6.07 Å². The molecule has 0 spiro atoms. The lowest BCUT2D eigenvalue weighted by Crippen LogP contribution is -2.38. The Hall–Kier alpha value is -0.740. The second-order valence-electron chi connectivity index (χ2n) is 4.86. The van der Waals surface area contributed by atoms with E-state index in [1.165, 1.54) is 6.42 Å². The van der Waals surface area contributed by atoms with Gasteiger partial charge in [0.1, 0.15) is 5.82 Å². The minimum absolute atomic E-state index is 0.0928. The number of hydrogen-bond donors (Lipinski definition) is 1. The Labute approximate surface area is 119 Å². The third-order valence-electron chi connectivity index (χ3n) is 3.58. The minimum Gasteiger partial charge on any atom is -0.369 e. The van der Waals surface area contributed by atoms with Crippen LogP contribution >= 0.6 is 11.8 Å². The molecule has 19 heavy (non-hydrogen) atoms. The van der Waals surface area contributed by atoms with Gasteiger partial charge < -0.3 is 10.2 Å². The van der Waals surface area contributed by atoms with Crippen molar-refractivity contribution in [1.82, 2.24) is 5.32 Å². The Morgan fingerprint density at radius 3 is 3.00 bits per heavy atom. The van der Waals surface area contributed by atoms with Crippen molar-refractivity contribution in [2.75, 3.05) is 30.3 Å². The summed E-state index contributed by atoms with van der Waals surface area (Å²) in [5, 5.41) is 3.91. The third-order valence-corrected chi connectivity index (χ3v) is 4.95. The number of hydrogen-bond acceptors (Lipinski definition) is 3. The van der Waals surface area contributed by atoms with Crippen LogP contribution < -0.4 is 10.2 Å². The first-order chi connectivity index (χ1) is 9.26. The van der Waals surface area contributed by atoms with Crippen LogP contribution in [0.5, 0.6) is 0 Å².